The predicted molar refractivity (Wildman–Crippen MR) is 67.7 cm³/mol. The van der Waals surface area contributed by atoms with Crippen LogP contribution in [-0.2, 0) is 30.4 Å². The Kier molecular flexibility index (Phi) is 4.18. The van der Waals surface area contributed by atoms with Gasteiger partial charge in [0.25, 0.3) is 16.0 Å². The van der Waals surface area contributed by atoms with Gasteiger partial charge in [0, 0.05) is 6.54 Å². The number of carbonyl (C=O) groups excluding carboxylic acids is 1. The van der Waals surface area contributed by atoms with E-state index in [0.29, 0.717) is 6.61 Å². The SMILES string of the molecule is CS(=O)(=O)O[C@H]1C(=O)NC[C@@H]1OCc1ccccc1. The highest BCUT2D eigenvalue weighted by Crippen LogP contribution is 2.15. The summed E-state index contributed by atoms with van der Waals surface area (Å²) in [5.74, 6) is -0.469. The average molecular weight is 285 g/mol. The summed E-state index contributed by atoms with van der Waals surface area (Å²) in [6.07, 6.45) is -0.812. The summed E-state index contributed by atoms with van der Waals surface area (Å²) in [5.41, 5.74) is 0.944. The molecule has 104 valence electrons. The largest absolute Gasteiger partial charge is 0.368 e. The lowest BCUT2D eigenvalue weighted by atomic mass is 10.2. The molecule has 2 atom stereocenters. The summed E-state index contributed by atoms with van der Waals surface area (Å²) in [7, 11) is -3.70. The van der Waals surface area contributed by atoms with Gasteiger partial charge < -0.3 is 10.1 Å². The minimum Gasteiger partial charge on any atom is -0.368 e. The van der Waals surface area contributed by atoms with Crippen LogP contribution < -0.4 is 5.32 Å². The molecule has 1 aromatic rings. The highest BCUT2D eigenvalue weighted by Gasteiger charge is 2.39. The standard InChI is InChI=1S/C12H15NO5S/c1-19(15,16)18-11-10(7-13-12(11)14)17-8-9-5-3-2-4-6-9/h2-6,10-11H,7-8H2,1H3,(H,13,14)/t10-,11+/m0/s1. The number of amides is 1. The van der Waals surface area contributed by atoms with Crippen molar-refractivity contribution in [3.8, 4) is 0 Å². The van der Waals surface area contributed by atoms with Crippen LogP contribution in [-0.4, -0.2) is 39.3 Å². The molecule has 1 fully saturated rings. The Bertz CT molecular complexity index is 542. The molecule has 1 aliphatic rings. The van der Waals surface area contributed by atoms with Crippen LogP contribution in [0.4, 0.5) is 0 Å². The summed E-state index contributed by atoms with van der Waals surface area (Å²) in [6, 6.07) is 9.41. The molecule has 0 saturated carbocycles. The first-order valence-corrected chi connectivity index (χ1v) is 7.59. The normalized spacial score (nSPS) is 23.3. The van der Waals surface area contributed by atoms with E-state index in [1.54, 1.807) is 0 Å². The molecule has 0 unspecified atom stereocenters. The number of nitrogens with one attached hydrogen (secondary N) is 1. The van der Waals surface area contributed by atoms with Crippen LogP contribution in [0.3, 0.4) is 0 Å². The second-order valence-electron chi connectivity index (χ2n) is 4.30. The molecule has 1 saturated heterocycles. The molecular formula is C12H15NO5S. The molecule has 6 nitrogen and oxygen atoms in total. The molecule has 0 aliphatic carbocycles. The van der Waals surface area contributed by atoms with E-state index >= 15 is 0 Å². The van der Waals surface area contributed by atoms with Crippen LogP contribution in [0.25, 0.3) is 0 Å². The maximum Gasteiger partial charge on any atom is 0.265 e. The minimum absolute atomic E-state index is 0.242. The van der Waals surface area contributed by atoms with E-state index in [1.165, 1.54) is 0 Å². The highest BCUT2D eigenvalue weighted by atomic mass is 32.2. The first-order valence-electron chi connectivity index (χ1n) is 5.77. The molecule has 7 heteroatoms. The Morgan fingerprint density at radius 3 is 2.63 bits per heavy atom. The molecule has 19 heavy (non-hydrogen) atoms. The van der Waals surface area contributed by atoms with Gasteiger partial charge in [-0.05, 0) is 5.56 Å². The van der Waals surface area contributed by atoms with Crippen molar-refractivity contribution in [2.24, 2.45) is 0 Å². The Hall–Kier alpha value is -1.44. The van der Waals surface area contributed by atoms with Crippen molar-refractivity contribution < 1.29 is 22.1 Å². The number of hydrogen-bond acceptors (Lipinski definition) is 5. The van der Waals surface area contributed by atoms with Gasteiger partial charge in [0.2, 0.25) is 0 Å². The van der Waals surface area contributed by atoms with Gasteiger partial charge in [0.1, 0.15) is 6.10 Å². The van der Waals surface area contributed by atoms with E-state index < -0.39 is 28.2 Å². The summed E-state index contributed by atoms with van der Waals surface area (Å²) in [6.45, 7) is 0.538. The van der Waals surface area contributed by atoms with Crippen LogP contribution in [0, 0.1) is 0 Å². The quantitative estimate of drug-likeness (QED) is 0.773. The number of benzene rings is 1. The molecule has 1 amide bonds. The number of carbonyl (C=O) groups is 1. The topological polar surface area (TPSA) is 81.7 Å². The lowest BCUT2D eigenvalue weighted by Gasteiger charge is -2.16. The monoisotopic (exact) mass is 285 g/mol. The van der Waals surface area contributed by atoms with Gasteiger partial charge in [-0.15, -0.1) is 0 Å². The maximum absolute atomic E-state index is 11.5. The Labute approximate surface area is 111 Å². The third-order valence-electron chi connectivity index (χ3n) is 2.66. The zero-order valence-corrected chi connectivity index (χ0v) is 11.2. The van der Waals surface area contributed by atoms with Crippen LogP contribution in [0.2, 0.25) is 0 Å². The predicted octanol–water partition coefficient (Wildman–Crippen LogP) is 0.0464. The maximum atomic E-state index is 11.5. The van der Waals surface area contributed by atoms with E-state index in [1.807, 2.05) is 30.3 Å². The van der Waals surface area contributed by atoms with Crippen LogP contribution in [0.5, 0.6) is 0 Å². The summed E-state index contributed by atoms with van der Waals surface area (Å²) < 4.78 is 32.5. The Balaban J connectivity index is 1.97. The smallest absolute Gasteiger partial charge is 0.265 e. The molecule has 0 spiro atoms. The van der Waals surface area contributed by atoms with Crippen molar-refractivity contribution in [3.63, 3.8) is 0 Å². The fourth-order valence-corrected chi connectivity index (χ4v) is 2.38. The fraction of sp³-hybridized carbons (Fsp3) is 0.417. The van der Waals surface area contributed by atoms with Gasteiger partial charge in [-0.3, -0.25) is 8.98 Å². The van der Waals surface area contributed by atoms with Crippen LogP contribution >= 0.6 is 0 Å². The van der Waals surface area contributed by atoms with E-state index in [9.17, 15) is 13.2 Å². The van der Waals surface area contributed by atoms with E-state index in [2.05, 4.69) is 5.32 Å². The van der Waals surface area contributed by atoms with Crippen molar-refractivity contribution in [1.82, 2.24) is 5.32 Å². The second kappa shape index (κ2) is 5.68. The fourth-order valence-electron chi connectivity index (χ4n) is 1.80. The van der Waals surface area contributed by atoms with Crippen LogP contribution in [0.1, 0.15) is 5.56 Å². The first-order chi connectivity index (χ1) is 8.96. The molecule has 0 aromatic heterocycles. The molecule has 1 N–H and O–H groups in total. The third kappa shape index (κ3) is 4.02. The molecular weight excluding hydrogens is 270 g/mol. The number of hydrogen-bond donors (Lipinski definition) is 1. The Morgan fingerprint density at radius 1 is 1.32 bits per heavy atom. The van der Waals surface area contributed by atoms with Gasteiger partial charge in [-0.25, -0.2) is 0 Å². The molecule has 0 bridgehead atoms. The van der Waals surface area contributed by atoms with Gasteiger partial charge in [0.05, 0.1) is 12.9 Å². The number of rotatable bonds is 5. The Morgan fingerprint density at radius 2 is 2.00 bits per heavy atom. The van der Waals surface area contributed by atoms with Gasteiger partial charge >= 0.3 is 0 Å². The highest BCUT2D eigenvalue weighted by molar-refractivity contribution is 7.86. The molecule has 1 aliphatic heterocycles. The molecule has 0 radical (unpaired) electrons. The van der Waals surface area contributed by atoms with E-state index in [4.69, 9.17) is 8.92 Å². The van der Waals surface area contributed by atoms with Crippen LogP contribution in [0.15, 0.2) is 30.3 Å². The van der Waals surface area contributed by atoms with E-state index in [-0.39, 0.29) is 6.54 Å². The first kappa shape index (κ1) is 14.0. The summed E-state index contributed by atoms with van der Waals surface area (Å²) in [4.78, 5) is 11.5. The lowest BCUT2D eigenvalue weighted by Crippen LogP contribution is -2.34. The van der Waals surface area contributed by atoms with Crippen molar-refractivity contribution >= 4 is 16.0 Å². The minimum atomic E-state index is -3.70. The third-order valence-corrected chi connectivity index (χ3v) is 3.22. The van der Waals surface area contributed by atoms with Gasteiger partial charge in [-0.1, -0.05) is 30.3 Å². The summed E-state index contributed by atoms with van der Waals surface area (Å²) >= 11 is 0. The zero-order chi connectivity index (χ0) is 13.9. The molecule has 1 heterocycles. The van der Waals surface area contributed by atoms with E-state index in [0.717, 1.165) is 11.8 Å². The summed E-state index contributed by atoms with van der Waals surface area (Å²) in [5, 5.41) is 2.53. The zero-order valence-electron chi connectivity index (χ0n) is 10.4. The lowest BCUT2D eigenvalue weighted by molar-refractivity contribution is -0.128. The van der Waals surface area contributed by atoms with Crippen molar-refractivity contribution in [2.45, 2.75) is 18.8 Å². The molecule has 2 rings (SSSR count). The van der Waals surface area contributed by atoms with Crippen molar-refractivity contribution in [1.29, 1.82) is 0 Å². The number of ether oxygens (including phenoxy) is 1. The van der Waals surface area contributed by atoms with Gasteiger partial charge in [0.15, 0.2) is 6.10 Å². The second-order valence-corrected chi connectivity index (χ2v) is 5.90. The van der Waals surface area contributed by atoms with Gasteiger partial charge in [-0.2, -0.15) is 8.42 Å². The van der Waals surface area contributed by atoms with Crippen molar-refractivity contribution in [3.05, 3.63) is 35.9 Å². The molecule has 1 aromatic carbocycles. The average Bonchev–Trinajstić information content (AvgIpc) is 2.68. The van der Waals surface area contributed by atoms with Crippen molar-refractivity contribution in [2.75, 3.05) is 12.8 Å².